The van der Waals surface area contributed by atoms with Crippen molar-refractivity contribution in [1.29, 1.82) is 0 Å². The van der Waals surface area contributed by atoms with Crippen molar-refractivity contribution in [2.24, 2.45) is 11.8 Å². The number of carbonyl (C=O) groups is 2. The normalized spacial score (nSPS) is 24.6. The molecule has 0 saturated heterocycles. The van der Waals surface area contributed by atoms with Gasteiger partial charge in [-0.15, -0.1) is 0 Å². The summed E-state index contributed by atoms with van der Waals surface area (Å²) in [5.74, 6) is 0.868. The van der Waals surface area contributed by atoms with Crippen molar-refractivity contribution in [1.82, 2.24) is 14.9 Å². The molecule has 4 rings (SSSR count). The quantitative estimate of drug-likeness (QED) is 0.773. The first-order chi connectivity index (χ1) is 14.8. The number of aromatic nitrogens is 2. The lowest BCUT2D eigenvalue weighted by Crippen LogP contribution is -2.45. The zero-order valence-electron chi connectivity index (χ0n) is 18.5. The lowest BCUT2D eigenvalue weighted by atomic mass is 9.59. The summed E-state index contributed by atoms with van der Waals surface area (Å²) >= 11 is 0. The molecule has 0 radical (unpaired) electrons. The Kier molecular flexibility index (Phi) is 5.30. The van der Waals surface area contributed by atoms with E-state index in [2.05, 4.69) is 33.8 Å². The number of imidazole rings is 1. The molecule has 1 N–H and O–H groups in total. The molecule has 0 saturated carbocycles. The minimum Gasteiger partial charge on any atom is -0.359 e. The standard InChI is InChI=1S/C25H28N4O2/c1-15-19-10-11-21-24(25(19,3)14-20(26-4)23(15)31)28-16(2)29(21)18-8-6-7-17(13-18)9-12-22(30)27-5/h6-8,13-15,19H,9-12H2,1-3,5H3,(H,27,30)/t15-,19-,25-/m0/s1. The maximum atomic E-state index is 12.6. The van der Waals surface area contributed by atoms with Gasteiger partial charge in [-0.3, -0.25) is 4.79 Å². The summed E-state index contributed by atoms with van der Waals surface area (Å²) in [6, 6.07) is 8.26. The number of nitrogens with zero attached hydrogens (tertiary/aromatic N) is 3. The molecule has 2 aromatic rings. The number of hydrogen-bond donors (Lipinski definition) is 1. The largest absolute Gasteiger partial charge is 0.359 e. The van der Waals surface area contributed by atoms with Crippen molar-refractivity contribution in [3.05, 3.63) is 70.2 Å². The van der Waals surface area contributed by atoms with Gasteiger partial charge in [-0.05, 0) is 49.8 Å². The first-order valence-corrected chi connectivity index (χ1v) is 10.8. The Balaban J connectivity index is 1.77. The number of ketones is 1. The van der Waals surface area contributed by atoms with Gasteiger partial charge >= 0.3 is 0 Å². The highest BCUT2D eigenvalue weighted by molar-refractivity contribution is 6.00. The van der Waals surface area contributed by atoms with Crippen LogP contribution in [0.1, 0.15) is 49.5 Å². The Labute approximate surface area is 183 Å². The fraction of sp³-hybridized carbons (Fsp3) is 0.440. The minimum atomic E-state index is -0.423. The van der Waals surface area contributed by atoms with Gasteiger partial charge in [-0.2, -0.15) is 0 Å². The van der Waals surface area contributed by atoms with Gasteiger partial charge < -0.3 is 14.7 Å². The number of allylic oxidation sites excluding steroid dienone is 2. The number of amides is 1. The highest BCUT2D eigenvalue weighted by atomic mass is 16.1. The zero-order valence-corrected chi connectivity index (χ0v) is 18.5. The Morgan fingerprint density at radius 2 is 2.19 bits per heavy atom. The number of aryl methyl sites for hydroxylation is 2. The van der Waals surface area contributed by atoms with E-state index < -0.39 is 5.41 Å². The molecule has 6 nitrogen and oxygen atoms in total. The summed E-state index contributed by atoms with van der Waals surface area (Å²) in [5, 5.41) is 2.67. The number of rotatable bonds is 4. The molecule has 31 heavy (non-hydrogen) atoms. The second-order valence-corrected chi connectivity index (χ2v) is 8.85. The molecule has 2 aliphatic carbocycles. The molecule has 1 aromatic carbocycles. The van der Waals surface area contributed by atoms with Crippen molar-refractivity contribution in [2.75, 3.05) is 7.05 Å². The van der Waals surface area contributed by atoms with E-state index in [9.17, 15) is 9.59 Å². The SMILES string of the molecule is [C-]#[N+]C1=C[C@]2(C)c3nc(C)n(-c4cccc(CCC(=O)NC)c4)c3CC[C@H]2[C@H](C)C1=O. The summed E-state index contributed by atoms with van der Waals surface area (Å²) in [6.07, 6.45) is 4.73. The Morgan fingerprint density at radius 1 is 1.42 bits per heavy atom. The Morgan fingerprint density at radius 3 is 2.90 bits per heavy atom. The van der Waals surface area contributed by atoms with E-state index in [1.807, 2.05) is 32.1 Å². The summed E-state index contributed by atoms with van der Waals surface area (Å²) in [4.78, 5) is 32.7. The molecule has 0 bridgehead atoms. The molecular weight excluding hydrogens is 388 g/mol. The highest BCUT2D eigenvalue weighted by Crippen LogP contribution is 2.50. The Hall–Kier alpha value is -3.20. The molecule has 160 valence electrons. The van der Waals surface area contributed by atoms with E-state index >= 15 is 0 Å². The van der Waals surface area contributed by atoms with Crippen LogP contribution in [0.4, 0.5) is 0 Å². The maximum absolute atomic E-state index is 12.6. The van der Waals surface area contributed by atoms with Crippen molar-refractivity contribution < 1.29 is 9.59 Å². The van der Waals surface area contributed by atoms with Crippen molar-refractivity contribution >= 4 is 11.7 Å². The second kappa shape index (κ2) is 7.81. The third-order valence-electron chi connectivity index (χ3n) is 7.03. The summed E-state index contributed by atoms with van der Waals surface area (Å²) in [7, 11) is 1.65. The third kappa shape index (κ3) is 3.38. The fourth-order valence-corrected chi connectivity index (χ4v) is 5.39. The molecular formula is C25H28N4O2. The lowest BCUT2D eigenvalue weighted by molar-refractivity contribution is -0.122. The van der Waals surface area contributed by atoms with Gasteiger partial charge in [0.2, 0.25) is 11.6 Å². The molecule has 0 aliphatic heterocycles. The van der Waals surface area contributed by atoms with Crippen molar-refractivity contribution in [2.45, 2.75) is 51.9 Å². The number of nitrogens with one attached hydrogen (secondary N) is 1. The first-order valence-electron chi connectivity index (χ1n) is 10.8. The van der Waals surface area contributed by atoms with Crippen LogP contribution in [-0.2, 0) is 27.8 Å². The average Bonchev–Trinajstić information content (AvgIpc) is 3.12. The molecule has 0 fully saturated rings. The van der Waals surface area contributed by atoms with Crippen LogP contribution < -0.4 is 5.32 Å². The van der Waals surface area contributed by atoms with E-state index in [0.29, 0.717) is 12.8 Å². The minimum absolute atomic E-state index is 0.0314. The van der Waals surface area contributed by atoms with Gasteiger partial charge in [-0.1, -0.05) is 32.1 Å². The van der Waals surface area contributed by atoms with Gasteiger partial charge in [0.05, 0.1) is 12.3 Å². The number of fused-ring (bicyclic) bond motifs is 3. The predicted molar refractivity (Wildman–Crippen MR) is 119 cm³/mol. The molecule has 1 amide bonds. The predicted octanol–water partition coefficient (Wildman–Crippen LogP) is 3.70. The van der Waals surface area contributed by atoms with Crippen LogP contribution in [0.2, 0.25) is 0 Å². The van der Waals surface area contributed by atoms with E-state index in [-0.39, 0.29) is 29.2 Å². The topological polar surface area (TPSA) is 68.3 Å². The summed E-state index contributed by atoms with van der Waals surface area (Å²) in [6.45, 7) is 13.5. The van der Waals surface area contributed by atoms with Crippen molar-refractivity contribution in [3.63, 3.8) is 0 Å². The molecule has 2 aliphatic rings. The van der Waals surface area contributed by atoms with Gasteiger partial charge in [-0.25, -0.2) is 9.83 Å². The summed E-state index contributed by atoms with van der Waals surface area (Å²) in [5.41, 5.74) is 4.10. The number of carbonyl (C=O) groups excluding carboxylic acids is 2. The molecule has 3 atom stereocenters. The van der Waals surface area contributed by atoms with Crippen LogP contribution in [-0.4, -0.2) is 28.3 Å². The molecule has 0 unspecified atom stereocenters. The monoisotopic (exact) mass is 416 g/mol. The van der Waals surface area contributed by atoms with E-state index in [0.717, 1.165) is 41.3 Å². The van der Waals surface area contributed by atoms with Crippen LogP contribution >= 0.6 is 0 Å². The summed E-state index contributed by atoms with van der Waals surface area (Å²) < 4.78 is 2.20. The van der Waals surface area contributed by atoms with E-state index in [1.165, 1.54) is 0 Å². The van der Waals surface area contributed by atoms with Gasteiger partial charge in [0.25, 0.3) is 0 Å². The molecule has 6 heteroatoms. The fourth-order valence-electron chi connectivity index (χ4n) is 5.39. The van der Waals surface area contributed by atoms with Gasteiger partial charge in [0.15, 0.2) is 5.78 Å². The second-order valence-electron chi connectivity index (χ2n) is 8.85. The number of Topliss-reactive ketones (excluding diaryl/α,β-unsaturated/α-hetero) is 1. The van der Waals surface area contributed by atoms with Crippen LogP contribution in [0.3, 0.4) is 0 Å². The van der Waals surface area contributed by atoms with E-state index in [4.69, 9.17) is 11.6 Å². The highest BCUT2D eigenvalue weighted by Gasteiger charge is 2.49. The van der Waals surface area contributed by atoms with Crippen LogP contribution in [0.25, 0.3) is 10.5 Å². The third-order valence-corrected chi connectivity index (χ3v) is 7.03. The smallest absolute Gasteiger partial charge is 0.226 e. The van der Waals surface area contributed by atoms with Crippen LogP contribution in [0.5, 0.6) is 0 Å². The maximum Gasteiger partial charge on any atom is 0.226 e. The van der Waals surface area contributed by atoms with E-state index in [1.54, 1.807) is 7.05 Å². The molecule has 1 aromatic heterocycles. The number of hydrogen-bond acceptors (Lipinski definition) is 3. The lowest BCUT2D eigenvalue weighted by Gasteiger charge is -2.44. The van der Waals surface area contributed by atoms with Gasteiger partial charge in [0, 0.05) is 36.2 Å². The van der Waals surface area contributed by atoms with Gasteiger partial charge in [0.1, 0.15) is 5.82 Å². The van der Waals surface area contributed by atoms with Crippen LogP contribution in [0.15, 0.2) is 36.0 Å². The van der Waals surface area contributed by atoms with Crippen LogP contribution in [0, 0.1) is 25.3 Å². The first kappa shape index (κ1) is 21.0. The Bertz CT molecular complexity index is 1140. The van der Waals surface area contributed by atoms with Crippen molar-refractivity contribution in [3.8, 4) is 5.69 Å². The molecule has 0 spiro atoms. The molecule has 1 heterocycles. The number of benzene rings is 1. The zero-order chi connectivity index (χ0) is 22.3. The average molecular weight is 417 g/mol.